The molecule has 100 valence electrons. The highest BCUT2D eigenvalue weighted by Gasteiger charge is 2.68. The van der Waals surface area contributed by atoms with Gasteiger partial charge in [-0.1, -0.05) is 6.92 Å². The minimum Gasteiger partial charge on any atom is -0.481 e. The van der Waals surface area contributed by atoms with E-state index in [4.69, 9.17) is 11.1 Å². The van der Waals surface area contributed by atoms with Gasteiger partial charge in [-0.25, -0.2) is 0 Å². The van der Waals surface area contributed by atoms with Gasteiger partial charge in [-0.15, -0.1) is 0 Å². The van der Waals surface area contributed by atoms with E-state index in [0.29, 0.717) is 36.8 Å². The molecule has 0 heterocycles. The molecule has 4 fully saturated rings. The molecule has 0 radical (unpaired) electrons. The third-order valence-corrected chi connectivity index (χ3v) is 5.87. The van der Waals surface area contributed by atoms with Crippen LogP contribution in [0.15, 0.2) is 0 Å². The third kappa shape index (κ3) is 1.20. The van der Waals surface area contributed by atoms with Crippen molar-refractivity contribution in [3.63, 3.8) is 0 Å². The fraction of sp³-hybridized carbons (Fsp3) is 0.857. The van der Waals surface area contributed by atoms with Crippen LogP contribution in [0.4, 0.5) is 0 Å². The van der Waals surface area contributed by atoms with Gasteiger partial charge in [0.2, 0.25) is 0 Å². The summed E-state index contributed by atoms with van der Waals surface area (Å²) in [5.74, 6) is 0.509. The number of carboxylic acid groups (broad SMARTS) is 1. The molecule has 4 nitrogen and oxygen atoms in total. The molecule has 4 heteroatoms. The van der Waals surface area contributed by atoms with Crippen molar-refractivity contribution in [2.75, 3.05) is 0 Å². The van der Waals surface area contributed by atoms with Crippen molar-refractivity contribution in [2.45, 2.75) is 51.0 Å². The first kappa shape index (κ1) is 12.2. The maximum Gasteiger partial charge on any atom is 0.311 e. The van der Waals surface area contributed by atoms with Crippen LogP contribution < -0.4 is 5.73 Å². The Morgan fingerprint density at radius 2 is 1.89 bits per heavy atom. The quantitative estimate of drug-likeness (QED) is 0.670. The number of carboxylic acids is 1. The molecule has 4 aliphatic rings. The highest BCUT2D eigenvalue weighted by atomic mass is 16.4. The van der Waals surface area contributed by atoms with E-state index in [2.05, 4.69) is 0 Å². The molecule has 0 amide bonds. The minimum absolute atomic E-state index is 0.215. The molecule has 4 rings (SSSR count). The Bertz CT molecular complexity index is 406. The zero-order chi connectivity index (χ0) is 13.1. The number of aliphatic carboxylic acids is 1. The van der Waals surface area contributed by atoms with Gasteiger partial charge in [0.15, 0.2) is 0 Å². The number of hydrogen-bond acceptors (Lipinski definition) is 3. The maximum atomic E-state index is 11.9. The van der Waals surface area contributed by atoms with Gasteiger partial charge >= 0.3 is 5.97 Å². The summed E-state index contributed by atoms with van der Waals surface area (Å²) in [7, 11) is 0. The molecule has 3 unspecified atom stereocenters. The lowest BCUT2D eigenvalue weighted by atomic mass is 9.41. The van der Waals surface area contributed by atoms with Crippen molar-refractivity contribution in [3.8, 4) is 0 Å². The Balaban J connectivity index is 2.11. The van der Waals surface area contributed by atoms with Gasteiger partial charge in [0.05, 0.1) is 11.0 Å². The van der Waals surface area contributed by atoms with Crippen molar-refractivity contribution in [1.29, 1.82) is 5.41 Å². The summed E-state index contributed by atoms with van der Waals surface area (Å²) in [5.41, 5.74) is 5.29. The van der Waals surface area contributed by atoms with Crippen LogP contribution in [0.1, 0.15) is 45.4 Å². The number of hydrogen-bond donors (Lipinski definition) is 3. The van der Waals surface area contributed by atoms with E-state index in [1.54, 1.807) is 0 Å². The van der Waals surface area contributed by atoms with E-state index in [1.807, 2.05) is 6.92 Å². The van der Waals surface area contributed by atoms with E-state index in [-0.39, 0.29) is 5.92 Å². The molecular weight excluding hydrogens is 228 g/mol. The van der Waals surface area contributed by atoms with Crippen molar-refractivity contribution in [3.05, 3.63) is 0 Å². The summed E-state index contributed by atoms with van der Waals surface area (Å²) in [5, 5.41) is 18.0. The van der Waals surface area contributed by atoms with Crippen LogP contribution in [0.2, 0.25) is 0 Å². The van der Waals surface area contributed by atoms with Crippen molar-refractivity contribution in [2.24, 2.45) is 28.9 Å². The molecule has 0 spiro atoms. The van der Waals surface area contributed by atoms with Crippen LogP contribution in [0.25, 0.3) is 0 Å². The summed E-state index contributed by atoms with van der Waals surface area (Å²) in [6, 6.07) is 0. The second-order valence-electron chi connectivity index (χ2n) is 6.63. The third-order valence-electron chi connectivity index (χ3n) is 5.87. The molecule has 0 saturated heterocycles. The first-order chi connectivity index (χ1) is 8.44. The lowest BCUT2D eigenvalue weighted by molar-refractivity contribution is -0.174. The van der Waals surface area contributed by atoms with Gasteiger partial charge in [-0.05, 0) is 56.3 Å². The molecule has 0 aliphatic heterocycles. The van der Waals surface area contributed by atoms with E-state index in [1.165, 1.54) is 6.42 Å². The van der Waals surface area contributed by atoms with Crippen LogP contribution >= 0.6 is 0 Å². The van der Waals surface area contributed by atoms with E-state index in [9.17, 15) is 9.90 Å². The largest absolute Gasteiger partial charge is 0.481 e. The molecule has 4 N–H and O–H groups in total. The number of rotatable bonds is 3. The van der Waals surface area contributed by atoms with Crippen LogP contribution in [0.3, 0.4) is 0 Å². The normalized spacial score (nSPS) is 49.3. The average Bonchev–Trinajstić information content (AvgIpc) is 2.33. The van der Waals surface area contributed by atoms with E-state index >= 15 is 0 Å². The van der Waals surface area contributed by atoms with E-state index < -0.39 is 16.9 Å². The molecule has 0 aromatic rings. The molecule has 0 aromatic carbocycles. The molecule has 0 aromatic heterocycles. The number of nitrogens with one attached hydrogen (secondary N) is 1. The Kier molecular flexibility index (Phi) is 2.40. The predicted molar refractivity (Wildman–Crippen MR) is 68.6 cm³/mol. The lowest BCUT2D eigenvalue weighted by Gasteiger charge is -2.64. The van der Waals surface area contributed by atoms with E-state index in [0.717, 1.165) is 12.8 Å². The monoisotopic (exact) mass is 250 g/mol. The van der Waals surface area contributed by atoms with Crippen molar-refractivity contribution < 1.29 is 9.90 Å². The Morgan fingerprint density at radius 3 is 2.33 bits per heavy atom. The first-order valence-electron chi connectivity index (χ1n) is 7.04. The molecule has 4 bridgehead atoms. The molecule has 3 atom stereocenters. The lowest BCUT2D eigenvalue weighted by Crippen LogP contribution is -2.74. The number of nitrogens with two attached hydrogens (primary N) is 1. The second-order valence-corrected chi connectivity index (χ2v) is 6.63. The summed E-state index contributed by atoms with van der Waals surface area (Å²) in [4.78, 5) is 11.9. The predicted octanol–water partition coefficient (Wildman–Crippen LogP) is 2.02. The van der Waals surface area contributed by atoms with Crippen molar-refractivity contribution >= 4 is 11.7 Å². The fourth-order valence-electron chi connectivity index (χ4n) is 5.25. The minimum atomic E-state index is -0.888. The highest BCUT2D eigenvalue weighted by Crippen LogP contribution is 2.64. The Morgan fingerprint density at radius 1 is 1.33 bits per heavy atom. The zero-order valence-electron chi connectivity index (χ0n) is 10.9. The van der Waals surface area contributed by atoms with Crippen LogP contribution in [-0.4, -0.2) is 22.3 Å². The van der Waals surface area contributed by atoms with Crippen LogP contribution in [0.5, 0.6) is 0 Å². The molecule has 4 aliphatic carbocycles. The summed E-state index contributed by atoms with van der Waals surface area (Å²) >= 11 is 0. The number of carbonyl (C=O) groups is 1. The standard InChI is InChI=1S/C14H22N2O2/c1-2-11(15)14(16)10-4-8-3-9(5-10)7-13(14,6-8)12(17)18/h8-10,15H,2-7,16H2,1H3,(H,17,18). The smallest absolute Gasteiger partial charge is 0.311 e. The summed E-state index contributed by atoms with van der Waals surface area (Å²) in [6.45, 7) is 1.91. The van der Waals surface area contributed by atoms with Gasteiger partial charge in [-0.3, -0.25) is 4.79 Å². The van der Waals surface area contributed by atoms with Gasteiger partial charge in [-0.2, -0.15) is 0 Å². The van der Waals surface area contributed by atoms with Crippen LogP contribution in [0, 0.1) is 28.6 Å². The maximum absolute atomic E-state index is 11.9. The highest BCUT2D eigenvalue weighted by molar-refractivity contribution is 5.98. The summed E-state index contributed by atoms with van der Waals surface area (Å²) < 4.78 is 0. The first-order valence-corrected chi connectivity index (χ1v) is 7.04. The van der Waals surface area contributed by atoms with Gasteiger partial charge in [0.25, 0.3) is 0 Å². The second kappa shape index (κ2) is 3.56. The zero-order valence-corrected chi connectivity index (χ0v) is 10.9. The average molecular weight is 250 g/mol. The van der Waals surface area contributed by atoms with Gasteiger partial charge in [0, 0.05) is 5.71 Å². The Labute approximate surface area is 107 Å². The van der Waals surface area contributed by atoms with Gasteiger partial charge in [0.1, 0.15) is 0 Å². The van der Waals surface area contributed by atoms with Crippen molar-refractivity contribution in [1.82, 2.24) is 0 Å². The topological polar surface area (TPSA) is 87.2 Å². The molecule has 18 heavy (non-hydrogen) atoms. The van der Waals surface area contributed by atoms with Gasteiger partial charge < -0.3 is 16.2 Å². The molecular formula is C14H22N2O2. The Hall–Kier alpha value is -0.900. The SMILES string of the molecule is CCC(=N)C1(N)C2CC3CC(C2)CC1(C(=O)O)C3. The fourth-order valence-corrected chi connectivity index (χ4v) is 5.25. The summed E-state index contributed by atoms with van der Waals surface area (Å²) in [6.07, 6.45) is 5.19. The van der Waals surface area contributed by atoms with Crippen LogP contribution in [-0.2, 0) is 4.79 Å². The molecule has 4 saturated carbocycles.